The molecule has 0 atom stereocenters. The SMILES string of the molecule is NC(=O)N(O)CC#Cc1cccc(Oc2cccnc2)c1. The number of rotatable bonds is 3. The summed E-state index contributed by atoms with van der Waals surface area (Å²) in [4.78, 5) is 14.6. The molecule has 2 rings (SSSR count). The molecule has 0 unspecified atom stereocenters. The molecule has 0 saturated carbocycles. The second-order valence-corrected chi connectivity index (χ2v) is 4.02. The Morgan fingerprint density at radius 3 is 2.86 bits per heavy atom. The van der Waals surface area contributed by atoms with Crippen molar-refractivity contribution in [2.45, 2.75) is 0 Å². The van der Waals surface area contributed by atoms with Crippen LogP contribution in [0.15, 0.2) is 48.8 Å². The van der Waals surface area contributed by atoms with Gasteiger partial charge in [-0.3, -0.25) is 10.2 Å². The van der Waals surface area contributed by atoms with Gasteiger partial charge in [0.1, 0.15) is 18.0 Å². The average Bonchev–Trinajstić information content (AvgIpc) is 2.48. The number of nitrogens with zero attached hydrogens (tertiary/aromatic N) is 2. The Balaban J connectivity index is 2.05. The molecule has 3 N–H and O–H groups in total. The summed E-state index contributed by atoms with van der Waals surface area (Å²) >= 11 is 0. The van der Waals surface area contributed by atoms with Crippen LogP contribution in [0.3, 0.4) is 0 Å². The first-order valence-corrected chi connectivity index (χ1v) is 6.08. The van der Waals surface area contributed by atoms with Gasteiger partial charge in [-0.25, -0.2) is 4.79 Å². The smallest absolute Gasteiger partial charge is 0.339 e. The van der Waals surface area contributed by atoms with E-state index in [0.717, 1.165) is 0 Å². The Bertz CT molecular complexity index is 677. The second kappa shape index (κ2) is 6.93. The Kier molecular flexibility index (Phi) is 4.75. The maximum absolute atomic E-state index is 10.6. The van der Waals surface area contributed by atoms with Crippen molar-refractivity contribution < 1.29 is 14.7 Å². The summed E-state index contributed by atoms with van der Waals surface area (Å²) in [5.41, 5.74) is 5.56. The van der Waals surface area contributed by atoms with E-state index in [2.05, 4.69) is 16.8 Å². The first kappa shape index (κ1) is 14.4. The largest absolute Gasteiger partial charge is 0.456 e. The number of hydroxylamine groups is 2. The van der Waals surface area contributed by atoms with Crippen LogP contribution in [0.2, 0.25) is 0 Å². The number of urea groups is 1. The number of hydrogen-bond acceptors (Lipinski definition) is 4. The zero-order valence-electron chi connectivity index (χ0n) is 11.1. The van der Waals surface area contributed by atoms with E-state index in [1.807, 2.05) is 0 Å². The number of aromatic nitrogens is 1. The van der Waals surface area contributed by atoms with Crippen molar-refractivity contribution in [2.75, 3.05) is 6.54 Å². The molecule has 0 aliphatic carbocycles. The lowest BCUT2D eigenvalue weighted by Crippen LogP contribution is -2.32. The normalized spacial score (nSPS) is 9.38. The van der Waals surface area contributed by atoms with Crippen molar-refractivity contribution in [3.05, 3.63) is 54.4 Å². The van der Waals surface area contributed by atoms with Crippen LogP contribution in [-0.4, -0.2) is 27.8 Å². The summed E-state index contributed by atoms with van der Waals surface area (Å²) in [6, 6.07) is 9.74. The van der Waals surface area contributed by atoms with Crippen LogP contribution in [-0.2, 0) is 0 Å². The van der Waals surface area contributed by atoms with E-state index < -0.39 is 6.03 Å². The van der Waals surface area contributed by atoms with Crippen molar-refractivity contribution in [3.63, 3.8) is 0 Å². The highest BCUT2D eigenvalue weighted by Gasteiger charge is 2.01. The molecule has 106 valence electrons. The minimum atomic E-state index is -0.946. The van der Waals surface area contributed by atoms with Crippen molar-refractivity contribution in [1.29, 1.82) is 0 Å². The number of hydrogen-bond donors (Lipinski definition) is 2. The fraction of sp³-hybridized carbons (Fsp3) is 0.0667. The number of benzene rings is 1. The summed E-state index contributed by atoms with van der Waals surface area (Å²) in [5.74, 6) is 6.67. The standard InChI is InChI=1S/C15H13N3O3/c16-15(19)18(20)9-3-5-12-4-1-6-13(10-12)21-14-7-2-8-17-11-14/h1-2,4,6-8,10-11,20H,9H2,(H2,16,19). The molecule has 0 spiro atoms. The van der Waals surface area contributed by atoms with Gasteiger partial charge in [-0.05, 0) is 30.3 Å². The highest BCUT2D eigenvalue weighted by Crippen LogP contribution is 2.20. The van der Waals surface area contributed by atoms with Gasteiger partial charge in [-0.1, -0.05) is 17.9 Å². The number of carbonyl (C=O) groups is 1. The van der Waals surface area contributed by atoms with Crippen LogP contribution in [0.1, 0.15) is 5.56 Å². The molecule has 1 heterocycles. The van der Waals surface area contributed by atoms with Crippen molar-refractivity contribution in [1.82, 2.24) is 10.0 Å². The number of carbonyl (C=O) groups excluding carboxylic acids is 1. The molecule has 6 heteroatoms. The van der Waals surface area contributed by atoms with E-state index in [1.165, 1.54) is 0 Å². The number of ether oxygens (including phenoxy) is 1. The first-order valence-electron chi connectivity index (χ1n) is 6.08. The molecular formula is C15H13N3O3. The zero-order chi connectivity index (χ0) is 15.1. The van der Waals surface area contributed by atoms with Gasteiger partial charge in [0, 0.05) is 11.8 Å². The van der Waals surface area contributed by atoms with Crippen LogP contribution in [0.4, 0.5) is 4.79 Å². The fourth-order valence-electron chi connectivity index (χ4n) is 1.48. The van der Waals surface area contributed by atoms with Gasteiger partial charge in [-0.15, -0.1) is 0 Å². The first-order chi connectivity index (χ1) is 10.1. The summed E-state index contributed by atoms with van der Waals surface area (Å²) < 4.78 is 5.62. The molecule has 2 aromatic rings. The molecule has 0 bridgehead atoms. The van der Waals surface area contributed by atoms with Gasteiger partial charge < -0.3 is 10.5 Å². The third-order valence-corrected chi connectivity index (χ3v) is 2.42. The minimum absolute atomic E-state index is 0.164. The number of amides is 2. The van der Waals surface area contributed by atoms with Crippen LogP contribution >= 0.6 is 0 Å². The van der Waals surface area contributed by atoms with Gasteiger partial charge >= 0.3 is 6.03 Å². The third kappa shape index (κ3) is 4.53. The van der Waals surface area contributed by atoms with Crippen molar-refractivity contribution in [2.24, 2.45) is 5.73 Å². The van der Waals surface area contributed by atoms with Crippen LogP contribution in [0.5, 0.6) is 11.5 Å². The molecule has 0 radical (unpaired) electrons. The fourth-order valence-corrected chi connectivity index (χ4v) is 1.48. The predicted octanol–water partition coefficient (Wildman–Crippen LogP) is 2.00. The van der Waals surface area contributed by atoms with Crippen molar-refractivity contribution in [3.8, 4) is 23.3 Å². The van der Waals surface area contributed by atoms with Gasteiger partial charge in [0.15, 0.2) is 0 Å². The third-order valence-electron chi connectivity index (χ3n) is 2.42. The van der Waals surface area contributed by atoms with Crippen molar-refractivity contribution >= 4 is 6.03 Å². The van der Waals surface area contributed by atoms with E-state index >= 15 is 0 Å². The van der Waals surface area contributed by atoms with Crippen LogP contribution in [0.25, 0.3) is 0 Å². The van der Waals surface area contributed by atoms with E-state index in [0.29, 0.717) is 22.1 Å². The minimum Gasteiger partial charge on any atom is -0.456 e. The highest BCUT2D eigenvalue weighted by molar-refractivity contribution is 5.70. The highest BCUT2D eigenvalue weighted by atomic mass is 16.5. The van der Waals surface area contributed by atoms with Gasteiger partial charge in [-0.2, -0.15) is 5.06 Å². The predicted molar refractivity (Wildman–Crippen MR) is 75.7 cm³/mol. The second-order valence-electron chi connectivity index (χ2n) is 4.02. The van der Waals surface area contributed by atoms with Gasteiger partial charge in [0.25, 0.3) is 0 Å². The molecule has 21 heavy (non-hydrogen) atoms. The molecular weight excluding hydrogens is 270 g/mol. The van der Waals surface area contributed by atoms with Gasteiger partial charge in [0.2, 0.25) is 0 Å². The Morgan fingerprint density at radius 1 is 1.33 bits per heavy atom. The molecule has 0 fully saturated rings. The summed E-state index contributed by atoms with van der Waals surface area (Å²) in [7, 11) is 0. The van der Waals surface area contributed by atoms with E-state index in [9.17, 15) is 4.79 Å². The molecule has 0 saturated heterocycles. The molecule has 0 aliphatic rings. The number of nitrogens with two attached hydrogens (primary N) is 1. The lowest BCUT2D eigenvalue weighted by Gasteiger charge is -2.06. The summed E-state index contributed by atoms with van der Waals surface area (Å²) in [5, 5.41) is 9.41. The molecule has 2 amide bonds. The molecule has 1 aromatic carbocycles. The molecule has 6 nitrogen and oxygen atoms in total. The lowest BCUT2D eigenvalue weighted by molar-refractivity contribution is -0.0269. The Labute approximate surface area is 121 Å². The number of primary amides is 1. The maximum atomic E-state index is 10.6. The van der Waals surface area contributed by atoms with E-state index in [-0.39, 0.29) is 6.54 Å². The summed E-state index contributed by atoms with van der Waals surface area (Å²) in [6.07, 6.45) is 3.27. The number of pyridine rings is 1. The zero-order valence-corrected chi connectivity index (χ0v) is 11.1. The topological polar surface area (TPSA) is 88.7 Å². The molecule has 1 aromatic heterocycles. The monoisotopic (exact) mass is 283 g/mol. The van der Waals surface area contributed by atoms with Crippen LogP contribution < -0.4 is 10.5 Å². The molecule has 0 aliphatic heterocycles. The quantitative estimate of drug-likeness (QED) is 0.512. The average molecular weight is 283 g/mol. The van der Waals surface area contributed by atoms with Gasteiger partial charge in [0.05, 0.1) is 6.20 Å². The maximum Gasteiger partial charge on any atom is 0.339 e. The lowest BCUT2D eigenvalue weighted by atomic mass is 10.2. The Morgan fingerprint density at radius 2 is 2.14 bits per heavy atom. The van der Waals surface area contributed by atoms with E-state index in [1.54, 1.807) is 48.8 Å². The Hall–Kier alpha value is -3.04. The summed E-state index contributed by atoms with van der Waals surface area (Å²) in [6.45, 7) is -0.164. The van der Waals surface area contributed by atoms with Crippen LogP contribution in [0, 0.1) is 11.8 Å². The van der Waals surface area contributed by atoms with E-state index in [4.69, 9.17) is 15.7 Å².